The SMILES string of the molecule is CCNC(=NCCc1cnn(C)c1)N1CCCC(C)C1. The smallest absolute Gasteiger partial charge is 0.193 e. The zero-order valence-corrected chi connectivity index (χ0v) is 13.0. The van der Waals surface area contributed by atoms with Crippen LogP contribution in [0.1, 0.15) is 32.3 Å². The minimum absolute atomic E-state index is 0.769. The van der Waals surface area contributed by atoms with Crippen LogP contribution in [0.2, 0.25) is 0 Å². The molecule has 1 fully saturated rings. The van der Waals surface area contributed by atoms with Gasteiger partial charge in [0.05, 0.1) is 6.20 Å². The van der Waals surface area contributed by atoms with E-state index in [4.69, 9.17) is 4.99 Å². The Hall–Kier alpha value is -1.52. The number of nitrogens with one attached hydrogen (secondary N) is 1. The summed E-state index contributed by atoms with van der Waals surface area (Å²) >= 11 is 0. The third-order valence-corrected chi connectivity index (χ3v) is 3.71. The maximum absolute atomic E-state index is 4.77. The molecule has 2 rings (SSSR count). The van der Waals surface area contributed by atoms with E-state index in [2.05, 4.69) is 35.4 Å². The lowest BCUT2D eigenvalue weighted by Crippen LogP contribution is -2.46. The van der Waals surface area contributed by atoms with Gasteiger partial charge in [-0.25, -0.2) is 0 Å². The highest BCUT2D eigenvalue weighted by molar-refractivity contribution is 5.80. The number of nitrogens with zero attached hydrogens (tertiary/aromatic N) is 4. The average Bonchev–Trinajstić information content (AvgIpc) is 2.83. The van der Waals surface area contributed by atoms with E-state index in [1.54, 1.807) is 0 Å². The van der Waals surface area contributed by atoms with Crippen molar-refractivity contribution in [2.24, 2.45) is 18.0 Å². The summed E-state index contributed by atoms with van der Waals surface area (Å²) < 4.78 is 1.84. The van der Waals surface area contributed by atoms with Crippen LogP contribution in [0, 0.1) is 5.92 Å². The van der Waals surface area contributed by atoms with Crippen LogP contribution < -0.4 is 5.32 Å². The maximum Gasteiger partial charge on any atom is 0.193 e. The van der Waals surface area contributed by atoms with Crippen molar-refractivity contribution in [3.63, 3.8) is 0 Å². The Labute approximate surface area is 122 Å². The molecule has 0 aromatic carbocycles. The zero-order valence-electron chi connectivity index (χ0n) is 13.0. The lowest BCUT2D eigenvalue weighted by atomic mass is 10.0. The monoisotopic (exact) mass is 277 g/mol. The van der Waals surface area contributed by atoms with Gasteiger partial charge in [0, 0.05) is 39.4 Å². The summed E-state index contributed by atoms with van der Waals surface area (Å²) in [5.41, 5.74) is 1.25. The second kappa shape index (κ2) is 7.31. The first kappa shape index (κ1) is 14.9. The highest BCUT2D eigenvalue weighted by Crippen LogP contribution is 2.15. The Balaban J connectivity index is 1.91. The predicted octanol–water partition coefficient (Wildman–Crippen LogP) is 1.66. The molecule has 1 aliphatic rings. The van der Waals surface area contributed by atoms with E-state index in [1.165, 1.54) is 18.4 Å². The van der Waals surface area contributed by atoms with Gasteiger partial charge in [-0.1, -0.05) is 6.92 Å². The van der Waals surface area contributed by atoms with E-state index in [9.17, 15) is 0 Å². The number of piperidine rings is 1. The Morgan fingerprint density at radius 1 is 1.55 bits per heavy atom. The van der Waals surface area contributed by atoms with Crippen molar-refractivity contribution >= 4 is 5.96 Å². The molecule has 1 aliphatic heterocycles. The molecule has 20 heavy (non-hydrogen) atoms. The summed E-state index contributed by atoms with van der Waals surface area (Å²) in [7, 11) is 1.95. The number of rotatable bonds is 4. The first-order valence-electron chi connectivity index (χ1n) is 7.69. The topological polar surface area (TPSA) is 45.5 Å². The van der Waals surface area contributed by atoms with Gasteiger partial charge in [-0.3, -0.25) is 9.67 Å². The van der Waals surface area contributed by atoms with Crippen LogP contribution >= 0.6 is 0 Å². The molecule has 0 radical (unpaired) electrons. The molecule has 5 nitrogen and oxygen atoms in total. The van der Waals surface area contributed by atoms with Crippen molar-refractivity contribution in [3.05, 3.63) is 18.0 Å². The Morgan fingerprint density at radius 2 is 2.40 bits per heavy atom. The molecule has 2 heterocycles. The Kier molecular flexibility index (Phi) is 5.44. The highest BCUT2D eigenvalue weighted by Gasteiger charge is 2.18. The van der Waals surface area contributed by atoms with Crippen molar-refractivity contribution in [2.75, 3.05) is 26.2 Å². The maximum atomic E-state index is 4.77. The van der Waals surface area contributed by atoms with E-state index >= 15 is 0 Å². The quantitative estimate of drug-likeness (QED) is 0.672. The van der Waals surface area contributed by atoms with E-state index in [0.717, 1.165) is 44.5 Å². The van der Waals surface area contributed by atoms with Crippen LogP contribution in [0.25, 0.3) is 0 Å². The molecule has 1 saturated heterocycles. The third-order valence-electron chi connectivity index (χ3n) is 3.71. The summed E-state index contributed by atoms with van der Waals surface area (Å²) in [4.78, 5) is 7.17. The van der Waals surface area contributed by atoms with Gasteiger partial charge < -0.3 is 10.2 Å². The summed E-state index contributed by atoms with van der Waals surface area (Å²) in [6, 6.07) is 0. The number of likely N-dealkylation sites (tertiary alicyclic amines) is 1. The van der Waals surface area contributed by atoms with Gasteiger partial charge >= 0.3 is 0 Å². The van der Waals surface area contributed by atoms with Gasteiger partial charge in [0.25, 0.3) is 0 Å². The van der Waals surface area contributed by atoms with Crippen LogP contribution in [0.15, 0.2) is 17.4 Å². The molecule has 0 bridgehead atoms. The van der Waals surface area contributed by atoms with Gasteiger partial charge in [-0.05, 0) is 37.7 Å². The van der Waals surface area contributed by atoms with Gasteiger partial charge in [0.15, 0.2) is 5.96 Å². The molecule has 0 aliphatic carbocycles. The zero-order chi connectivity index (χ0) is 14.4. The van der Waals surface area contributed by atoms with Crippen molar-refractivity contribution in [1.82, 2.24) is 20.0 Å². The van der Waals surface area contributed by atoms with Gasteiger partial charge in [-0.15, -0.1) is 0 Å². The number of aliphatic imine (C=N–C) groups is 1. The number of guanidine groups is 1. The Morgan fingerprint density at radius 3 is 3.05 bits per heavy atom. The second-order valence-electron chi connectivity index (χ2n) is 5.70. The Bertz CT molecular complexity index is 437. The lowest BCUT2D eigenvalue weighted by molar-refractivity contribution is 0.266. The summed E-state index contributed by atoms with van der Waals surface area (Å²) in [5.74, 6) is 1.84. The fraction of sp³-hybridized carbons (Fsp3) is 0.733. The van der Waals surface area contributed by atoms with Crippen LogP contribution in [0.3, 0.4) is 0 Å². The highest BCUT2D eigenvalue weighted by atomic mass is 15.3. The molecular formula is C15H27N5. The number of hydrogen-bond donors (Lipinski definition) is 1. The molecule has 1 N–H and O–H groups in total. The van der Waals surface area contributed by atoms with Gasteiger partial charge in [0.2, 0.25) is 0 Å². The predicted molar refractivity (Wildman–Crippen MR) is 82.9 cm³/mol. The molecule has 1 unspecified atom stereocenters. The first-order valence-corrected chi connectivity index (χ1v) is 7.69. The number of hydrogen-bond acceptors (Lipinski definition) is 2. The largest absolute Gasteiger partial charge is 0.357 e. The fourth-order valence-corrected chi connectivity index (χ4v) is 2.70. The van der Waals surface area contributed by atoms with Crippen LogP contribution in [-0.2, 0) is 13.5 Å². The van der Waals surface area contributed by atoms with Crippen LogP contribution in [-0.4, -0.2) is 46.8 Å². The van der Waals surface area contributed by atoms with Crippen molar-refractivity contribution in [3.8, 4) is 0 Å². The summed E-state index contributed by atoms with van der Waals surface area (Å²) in [5, 5.41) is 7.61. The van der Waals surface area contributed by atoms with Crippen LogP contribution in [0.4, 0.5) is 0 Å². The number of aromatic nitrogens is 2. The van der Waals surface area contributed by atoms with Crippen LogP contribution in [0.5, 0.6) is 0 Å². The molecular weight excluding hydrogens is 250 g/mol. The third kappa shape index (κ3) is 4.25. The molecule has 0 saturated carbocycles. The molecule has 0 spiro atoms. The van der Waals surface area contributed by atoms with Gasteiger partial charge in [0.1, 0.15) is 0 Å². The molecule has 1 aromatic rings. The lowest BCUT2D eigenvalue weighted by Gasteiger charge is -2.33. The standard InChI is InChI=1S/C15H27N5/c1-4-16-15(20-9-5-6-13(2)11-20)17-8-7-14-10-18-19(3)12-14/h10,12-13H,4-9,11H2,1-3H3,(H,16,17). The minimum atomic E-state index is 0.769. The second-order valence-corrected chi connectivity index (χ2v) is 5.70. The van der Waals surface area contributed by atoms with E-state index in [1.807, 2.05) is 17.9 Å². The van der Waals surface area contributed by atoms with Gasteiger partial charge in [-0.2, -0.15) is 5.10 Å². The minimum Gasteiger partial charge on any atom is -0.357 e. The van der Waals surface area contributed by atoms with E-state index in [-0.39, 0.29) is 0 Å². The normalized spacial score (nSPS) is 20.2. The summed E-state index contributed by atoms with van der Waals surface area (Å²) in [6.07, 6.45) is 7.54. The van der Waals surface area contributed by atoms with E-state index in [0.29, 0.717) is 0 Å². The molecule has 1 atom stereocenters. The van der Waals surface area contributed by atoms with Crippen molar-refractivity contribution in [1.29, 1.82) is 0 Å². The molecule has 1 aromatic heterocycles. The molecule has 0 amide bonds. The molecule has 5 heteroatoms. The fourth-order valence-electron chi connectivity index (χ4n) is 2.70. The molecule has 112 valence electrons. The number of aryl methyl sites for hydroxylation is 1. The van der Waals surface area contributed by atoms with E-state index < -0.39 is 0 Å². The first-order chi connectivity index (χ1) is 9.69. The summed E-state index contributed by atoms with van der Waals surface area (Å²) in [6.45, 7) is 8.45. The average molecular weight is 277 g/mol. The van der Waals surface area contributed by atoms with Crippen molar-refractivity contribution < 1.29 is 0 Å². The van der Waals surface area contributed by atoms with Crippen molar-refractivity contribution in [2.45, 2.75) is 33.1 Å².